The lowest BCUT2D eigenvalue weighted by Gasteiger charge is -2.10. The van der Waals surface area contributed by atoms with Crippen molar-refractivity contribution in [3.05, 3.63) is 27.9 Å². The lowest BCUT2D eigenvalue weighted by molar-refractivity contribution is 0.0694. The molecule has 2 N–H and O–H groups in total. The van der Waals surface area contributed by atoms with E-state index in [1.165, 1.54) is 7.05 Å². The first-order chi connectivity index (χ1) is 7.40. The fourth-order valence-corrected chi connectivity index (χ4v) is 3.75. The van der Waals surface area contributed by atoms with E-state index in [4.69, 9.17) is 5.11 Å². The van der Waals surface area contributed by atoms with Gasteiger partial charge in [-0.1, -0.05) is 0 Å². The Morgan fingerprint density at radius 1 is 1.25 bits per heavy atom. The lowest BCUT2D eigenvalue weighted by atomic mass is 10.1. The zero-order valence-corrected chi connectivity index (χ0v) is 14.4. The molecule has 4 nitrogen and oxygen atoms in total. The number of carbonyl (C=O) groups is 2. The number of hydrogen-bond acceptors (Lipinski definition) is 2. The highest BCUT2D eigenvalue weighted by atomic mass is 127. The van der Waals surface area contributed by atoms with Crippen LogP contribution in [0.3, 0.4) is 0 Å². The predicted octanol–water partition coefficient (Wildman–Crippen LogP) is 2.56. The van der Waals surface area contributed by atoms with Gasteiger partial charge < -0.3 is 10.4 Å². The summed E-state index contributed by atoms with van der Waals surface area (Å²) in [5, 5.41) is 11.6. The summed E-state index contributed by atoms with van der Waals surface area (Å²) in [6, 6.07) is 1.69. The summed E-state index contributed by atoms with van der Waals surface area (Å²) in [6.07, 6.45) is 0. The Hall–Kier alpha value is 0.350. The fourth-order valence-electron chi connectivity index (χ4n) is 1.09. The van der Waals surface area contributed by atoms with Crippen LogP contribution in [0.25, 0.3) is 0 Å². The van der Waals surface area contributed by atoms with Crippen molar-refractivity contribution in [2.45, 2.75) is 0 Å². The minimum Gasteiger partial charge on any atom is -0.478 e. The second-order valence-electron chi connectivity index (χ2n) is 2.79. The molecule has 0 radical (unpaired) electrons. The van der Waals surface area contributed by atoms with Gasteiger partial charge in [0.15, 0.2) is 0 Å². The second kappa shape index (κ2) is 5.80. The van der Waals surface area contributed by atoms with Crippen molar-refractivity contribution in [1.29, 1.82) is 0 Å². The third-order valence-corrected chi connectivity index (χ3v) is 5.97. The van der Waals surface area contributed by atoms with Crippen LogP contribution in [0, 0.1) is 10.7 Å². The minimum absolute atomic E-state index is 0.187. The first kappa shape index (κ1) is 14.4. The number of halogens is 3. The van der Waals surface area contributed by atoms with Gasteiger partial charge >= 0.3 is 5.97 Å². The molecular weight excluding hydrogens is 551 g/mol. The number of carboxylic acid groups (broad SMARTS) is 1. The molecule has 0 aliphatic carbocycles. The maximum atomic E-state index is 11.6. The van der Waals surface area contributed by atoms with E-state index in [2.05, 4.69) is 5.32 Å². The molecule has 0 unspecified atom stereocenters. The molecule has 0 saturated heterocycles. The Morgan fingerprint density at radius 3 is 2.25 bits per heavy atom. The van der Waals surface area contributed by atoms with E-state index in [1.54, 1.807) is 6.07 Å². The highest BCUT2D eigenvalue weighted by molar-refractivity contribution is 14.1. The van der Waals surface area contributed by atoms with Crippen molar-refractivity contribution in [3.8, 4) is 0 Å². The van der Waals surface area contributed by atoms with E-state index in [0.717, 1.165) is 3.57 Å². The third kappa shape index (κ3) is 2.78. The lowest BCUT2D eigenvalue weighted by Crippen LogP contribution is -2.21. The van der Waals surface area contributed by atoms with Crippen LogP contribution < -0.4 is 5.32 Å². The van der Waals surface area contributed by atoms with Gasteiger partial charge in [-0.2, -0.15) is 0 Å². The summed E-state index contributed by atoms with van der Waals surface area (Å²) in [7, 11) is 1.52. The maximum absolute atomic E-state index is 11.6. The Labute approximate surface area is 133 Å². The molecule has 0 aliphatic rings. The van der Waals surface area contributed by atoms with Crippen LogP contribution >= 0.6 is 67.8 Å². The summed E-state index contributed by atoms with van der Waals surface area (Å²) in [6.45, 7) is 0. The van der Waals surface area contributed by atoms with Crippen LogP contribution in [0.1, 0.15) is 20.7 Å². The smallest absolute Gasteiger partial charge is 0.337 e. The topological polar surface area (TPSA) is 66.4 Å². The number of rotatable bonds is 2. The van der Waals surface area contributed by atoms with Crippen LogP contribution in [-0.4, -0.2) is 24.0 Å². The van der Waals surface area contributed by atoms with E-state index in [-0.39, 0.29) is 11.5 Å². The number of benzene rings is 1. The number of aromatic carboxylic acids is 1. The fraction of sp³-hybridized carbons (Fsp3) is 0.111. The maximum Gasteiger partial charge on any atom is 0.337 e. The Bertz CT molecular complexity index is 474. The summed E-state index contributed by atoms with van der Waals surface area (Å²) in [5.41, 5.74) is 0.581. The molecule has 7 heteroatoms. The summed E-state index contributed by atoms with van der Waals surface area (Å²) < 4.78 is 1.88. The first-order valence-corrected chi connectivity index (χ1v) is 7.26. The van der Waals surface area contributed by atoms with Crippen LogP contribution in [0.15, 0.2) is 6.07 Å². The van der Waals surface area contributed by atoms with Gasteiger partial charge in [0.05, 0.1) is 11.1 Å². The Morgan fingerprint density at radius 2 is 1.81 bits per heavy atom. The largest absolute Gasteiger partial charge is 0.478 e. The number of nitrogens with one attached hydrogen (secondary N) is 1. The zero-order chi connectivity index (χ0) is 12.5. The van der Waals surface area contributed by atoms with E-state index >= 15 is 0 Å². The zero-order valence-electron chi connectivity index (χ0n) is 7.97. The molecule has 1 aromatic carbocycles. The standard InChI is InChI=1S/C9H6I3NO3/c1-13-8(14)3-2-4(10)7(12)5(6(3)11)9(15)16/h2H,1H3,(H,13,14)(H,15,16). The molecule has 0 aliphatic heterocycles. The third-order valence-electron chi connectivity index (χ3n) is 1.84. The Kier molecular flexibility index (Phi) is 5.22. The summed E-state index contributed by atoms with van der Waals surface area (Å²) >= 11 is 5.88. The van der Waals surface area contributed by atoms with Gasteiger partial charge in [0, 0.05) is 17.8 Å². The number of amides is 1. The van der Waals surface area contributed by atoms with Crippen LogP contribution in [0.2, 0.25) is 0 Å². The minimum atomic E-state index is -1.02. The number of hydrogen-bond donors (Lipinski definition) is 2. The molecule has 0 heterocycles. The van der Waals surface area contributed by atoms with Gasteiger partial charge in [0.2, 0.25) is 0 Å². The van der Waals surface area contributed by atoms with E-state index in [9.17, 15) is 9.59 Å². The molecule has 0 spiro atoms. The van der Waals surface area contributed by atoms with Gasteiger partial charge in [-0.3, -0.25) is 4.79 Å². The van der Waals surface area contributed by atoms with Gasteiger partial charge in [0.1, 0.15) is 0 Å². The predicted molar refractivity (Wildman–Crippen MR) is 84.9 cm³/mol. The highest BCUT2D eigenvalue weighted by Gasteiger charge is 2.21. The SMILES string of the molecule is CNC(=O)c1cc(I)c(I)c(C(=O)O)c1I. The van der Waals surface area contributed by atoms with E-state index < -0.39 is 5.97 Å². The molecule has 0 bridgehead atoms. The summed E-state index contributed by atoms with van der Waals surface area (Å²) in [4.78, 5) is 22.7. The molecule has 0 saturated carbocycles. The Balaban J connectivity index is 3.56. The average molecular weight is 557 g/mol. The number of carboxylic acids is 1. The molecule has 16 heavy (non-hydrogen) atoms. The van der Waals surface area contributed by atoms with Crippen LogP contribution in [0.5, 0.6) is 0 Å². The first-order valence-electron chi connectivity index (χ1n) is 4.03. The molecule has 0 aromatic heterocycles. The monoisotopic (exact) mass is 557 g/mol. The molecule has 0 atom stereocenters. The van der Waals surface area contributed by atoms with Crippen molar-refractivity contribution in [2.24, 2.45) is 0 Å². The van der Waals surface area contributed by atoms with Gasteiger partial charge in [-0.25, -0.2) is 4.79 Å². The molecule has 86 valence electrons. The molecule has 1 amide bonds. The van der Waals surface area contributed by atoms with Crippen molar-refractivity contribution in [2.75, 3.05) is 7.05 Å². The van der Waals surface area contributed by atoms with Gasteiger partial charge in [0.25, 0.3) is 5.91 Å². The molecule has 1 rings (SSSR count). The van der Waals surface area contributed by atoms with Crippen molar-refractivity contribution >= 4 is 79.6 Å². The van der Waals surface area contributed by atoms with Gasteiger partial charge in [-0.15, -0.1) is 0 Å². The quantitative estimate of drug-likeness (QED) is 0.435. The van der Waals surface area contributed by atoms with Crippen molar-refractivity contribution in [3.63, 3.8) is 0 Å². The second-order valence-corrected chi connectivity index (χ2v) is 6.11. The van der Waals surface area contributed by atoms with Crippen molar-refractivity contribution in [1.82, 2.24) is 5.32 Å². The average Bonchev–Trinajstić information content (AvgIpc) is 2.22. The van der Waals surface area contributed by atoms with Crippen molar-refractivity contribution < 1.29 is 14.7 Å². The van der Waals surface area contributed by atoms with Crippen LogP contribution in [0.4, 0.5) is 0 Å². The highest BCUT2D eigenvalue weighted by Crippen LogP contribution is 2.27. The normalized spacial score (nSPS) is 10.0. The molecular formula is C9H6I3NO3. The van der Waals surface area contributed by atoms with E-state index in [1.807, 2.05) is 67.8 Å². The summed E-state index contributed by atoms with van der Waals surface area (Å²) in [5.74, 6) is -1.29. The van der Waals surface area contributed by atoms with Gasteiger partial charge in [-0.05, 0) is 73.8 Å². The number of carbonyl (C=O) groups excluding carboxylic acids is 1. The molecule has 1 aromatic rings. The van der Waals surface area contributed by atoms with E-state index in [0.29, 0.717) is 12.7 Å². The van der Waals surface area contributed by atoms with Crippen LogP contribution in [-0.2, 0) is 0 Å². The molecule has 0 fully saturated rings.